The van der Waals surface area contributed by atoms with Crippen molar-refractivity contribution in [1.82, 2.24) is 5.32 Å². The summed E-state index contributed by atoms with van der Waals surface area (Å²) in [6.45, 7) is 3.87. The van der Waals surface area contributed by atoms with Crippen LogP contribution < -0.4 is 15.7 Å². The van der Waals surface area contributed by atoms with Crippen LogP contribution in [0.1, 0.15) is 54.9 Å². The molecule has 3 aromatic rings. The van der Waals surface area contributed by atoms with Crippen LogP contribution in [-0.2, 0) is 29.0 Å². The molecular weight excluding hydrogens is 434 g/mol. The van der Waals surface area contributed by atoms with Crippen molar-refractivity contribution in [1.29, 1.82) is 0 Å². The van der Waals surface area contributed by atoms with Gasteiger partial charge in [-0.15, -0.1) is 0 Å². The molecule has 1 aliphatic carbocycles. The number of alkyl carbamates (subject to hydrolysis) is 1. The zero-order valence-electron chi connectivity index (χ0n) is 19.5. The molecule has 1 N–H and O–H groups in total. The molecular formula is C27H29NO6. The van der Waals surface area contributed by atoms with E-state index >= 15 is 0 Å². The number of carbonyl (C=O) groups excluding carboxylic acids is 2. The van der Waals surface area contributed by atoms with Crippen LogP contribution in [0.5, 0.6) is 5.75 Å². The molecule has 0 saturated heterocycles. The van der Waals surface area contributed by atoms with Gasteiger partial charge in [-0.1, -0.05) is 43.7 Å². The third-order valence-electron chi connectivity index (χ3n) is 6.01. The molecule has 0 spiro atoms. The second-order valence-electron chi connectivity index (χ2n) is 8.66. The van der Waals surface area contributed by atoms with Gasteiger partial charge in [-0.25, -0.2) is 14.4 Å². The molecule has 0 bridgehead atoms. The highest BCUT2D eigenvalue weighted by Gasteiger charge is 2.26. The second-order valence-corrected chi connectivity index (χ2v) is 8.66. The minimum absolute atomic E-state index is 0.105. The van der Waals surface area contributed by atoms with Crippen LogP contribution in [0.15, 0.2) is 51.7 Å². The zero-order valence-corrected chi connectivity index (χ0v) is 19.5. The molecule has 1 unspecified atom stereocenters. The van der Waals surface area contributed by atoms with Gasteiger partial charge in [0.15, 0.2) is 0 Å². The van der Waals surface area contributed by atoms with Crippen LogP contribution in [0.25, 0.3) is 11.0 Å². The number of nitrogens with one attached hydrogen (secondary N) is 1. The maximum atomic E-state index is 13.1. The predicted octanol–water partition coefficient (Wildman–Crippen LogP) is 4.98. The quantitative estimate of drug-likeness (QED) is 0.302. The van der Waals surface area contributed by atoms with Crippen molar-refractivity contribution in [2.75, 3.05) is 0 Å². The summed E-state index contributed by atoms with van der Waals surface area (Å²) in [5.41, 5.74) is 3.30. The fourth-order valence-electron chi connectivity index (χ4n) is 4.37. The highest BCUT2D eigenvalue weighted by Crippen LogP contribution is 2.34. The lowest BCUT2D eigenvalue weighted by Gasteiger charge is -2.20. The molecule has 1 aliphatic rings. The molecule has 0 aliphatic heterocycles. The summed E-state index contributed by atoms with van der Waals surface area (Å²) in [6, 6.07) is 12.0. The average Bonchev–Trinajstić information content (AvgIpc) is 2.83. The Kier molecular flexibility index (Phi) is 7.30. The van der Waals surface area contributed by atoms with E-state index in [1.54, 1.807) is 12.1 Å². The van der Waals surface area contributed by atoms with Gasteiger partial charge in [-0.05, 0) is 67.9 Å². The number of hydrogen-bond donors (Lipinski definition) is 1. The van der Waals surface area contributed by atoms with E-state index in [4.69, 9.17) is 13.9 Å². The van der Waals surface area contributed by atoms with Gasteiger partial charge in [-0.2, -0.15) is 0 Å². The molecule has 34 heavy (non-hydrogen) atoms. The van der Waals surface area contributed by atoms with Crippen molar-refractivity contribution >= 4 is 23.0 Å². The van der Waals surface area contributed by atoms with E-state index in [0.29, 0.717) is 41.5 Å². The van der Waals surface area contributed by atoms with Gasteiger partial charge in [0.2, 0.25) is 0 Å². The standard InChI is InChI=1S/C27H29NO6/c1-3-9-21(28-27(31)32-16-18-10-5-4-6-11-18)26(30)34-23-15-17(2)14-22-24(23)19-12-7-8-13-20(19)25(29)33-22/h4-6,10-11,14-15,21H,3,7-9,12-13,16H2,1-2H3,(H,28,31). The minimum Gasteiger partial charge on any atom is -0.445 e. The van der Waals surface area contributed by atoms with E-state index in [1.807, 2.05) is 44.2 Å². The molecule has 7 nitrogen and oxygen atoms in total. The number of rotatable bonds is 7. The van der Waals surface area contributed by atoms with Gasteiger partial charge in [0, 0.05) is 5.56 Å². The molecule has 2 aromatic carbocycles. The summed E-state index contributed by atoms with van der Waals surface area (Å²) in [7, 11) is 0. The molecule has 178 valence electrons. The Bertz CT molecular complexity index is 1250. The first kappa shape index (κ1) is 23.5. The van der Waals surface area contributed by atoms with E-state index in [9.17, 15) is 14.4 Å². The topological polar surface area (TPSA) is 94.8 Å². The number of hydrogen-bond acceptors (Lipinski definition) is 6. The van der Waals surface area contributed by atoms with Crippen LogP contribution in [-0.4, -0.2) is 18.1 Å². The molecule has 0 saturated carbocycles. The number of carbonyl (C=O) groups is 2. The Balaban J connectivity index is 1.55. The van der Waals surface area contributed by atoms with E-state index in [0.717, 1.165) is 36.0 Å². The van der Waals surface area contributed by atoms with Crippen molar-refractivity contribution in [3.63, 3.8) is 0 Å². The van der Waals surface area contributed by atoms with Crippen molar-refractivity contribution in [3.8, 4) is 5.75 Å². The van der Waals surface area contributed by atoms with Crippen LogP contribution in [0, 0.1) is 6.92 Å². The predicted molar refractivity (Wildman–Crippen MR) is 128 cm³/mol. The van der Waals surface area contributed by atoms with Gasteiger partial charge < -0.3 is 19.2 Å². The molecule has 0 radical (unpaired) electrons. The number of aryl methyl sites for hydroxylation is 2. The number of amides is 1. The maximum Gasteiger partial charge on any atom is 0.408 e. The Morgan fingerprint density at radius 1 is 1.09 bits per heavy atom. The fourth-order valence-corrected chi connectivity index (χ4v) is 4.37. The lowest BCUT2D eigenvalue weighted by molar-refractivity contribution is -0.136. The Labute approximate surface area is 198 Å². The number of fused-ring (bicyclic) bond motifs is 3. The summed E-state index contributed by atoms with van der Waals surface area (Å²) >= 11 is 0. The van der Waals surface area contributed by atoms with Crippen molar-refractivity contribution < 1.29 is 23.5 Å². The lowest BCUT2D eigenvalue weighted by atomic mass is 9.90. The second kappa shape index (κ2) is 10.5. The summed E-state index contributed by atoms with van der Waals surface area (Å²) < 4.78 is 16.7. The van der Waals surface area contributed by atoms with E-state index in [-0.39, 0.29) is 12.2 Å². The molecule has 0 fully saturated rings. The zero-order chi connectivity index (χ0) is 24.1. The van der Waals surface area contributed by atoms with Gasteiger partial charge in [0.05, 0.1) is 5.39 Å². The van der Waals surface area contributed by atoms with Crippen LogP contribution >= 0.6 is 0 Å². The van der Waals surface area contributed by atoms with Gasteiger partial charge in [-0.3, -0.25) is 0 Å². The van der Waals surface area contributed by atoms with Crippen LogP contribution in [0.4, 0.5) is 4.79 Å². The van der Waals surface area contributed by atoms with Crippen molar-refractivity contribution in [3.05, 3.63) is 75.1 Å². The van der Waals surface area contributed by atoms with Gasteiger partial charge in [0.25, 0.3) is 0 Å². The Morgan fingerprint density at radius 3 is 2.56 bits per heavy atom. The summed E-state index contributed by atoms with van der Waals surface area (Å²) in [5.74, 6) is -0.233. The molecule has 1 atom stereocenters. The maximum absolute atomic E-state index is 13.1. The van der Waals surface area contributed by atoms with Crippen LogP contribution in [0.3, 0.4) is 0 Å². The van der Waals surface area contributed by atoms with E-state index in [1.165, 1.54) is 0 Å². The average molecular weight is 464 g/mol. The van der Waals surface area contributed by atoms with E-state index < -0.39 is 18.1 Å². The normalized spacial score (nSPS) is 13.7. The first-order valence-electron chi connectivity index (χ1n) is 11.7. The number of benzene rings is 2. The Morgan fingerprint density at radius 2 is 1.82 bits per heavy atom. The Hall–Kier alpha value is -3.61. The highest BCUT2D eigenvalue weighted by atomic mass is 16.6. The third-order valence-corrected chi connectivity index (χ3v) is 6.01. The smallest absolute Gasteiger partial charge is 0.408 e. The highest BCUT2D eigenvalue weighted by molar-refractivity contribution is 5.92. The molecule has 1 aromatic heterocycles. The number of esters is 1. The molecule has 1 heterocycles. The number of ether oxygens (including phenoxy) is 2. The van der Waals surface area contributed by atoms with Crippen LogP contribution in [0.2, 0.25) is 0 Å². The molecule has 1 amide bonds. The first-order valence-corrected chi connectivity index (χ1v) is 11.7. The monoisotopic (exact) mass is 463 g/mol. The molecule has 4 rings (SSSR count). The minimum atomic E-state index is -0.865. The van der Waals surface area contributed by atoms with Gasteiger partial charge in [0.1, 0.15) is 24.0 Å². The van der Waals surface area contributed by atoms with E-state index in [2.05, 4.69) is 5.32 Å². The van der Waals surface area contributed by atoms with Gasteiger partial charge >= 0.3 is 17.7 Å². The largest absolute Gasteiger partial charge is 0.445 e. The fraction of sp³-hybridized carbons (Fsp3) is 0.370. The van der Waals surface area contributed by atoms with Crippen molar-refractivity contribution in [2.45, 2.75) is 65.0 Å². The van der Waals surface area contributed by atoms with Crippen molar-refractivity contribution in [2.24, 2.45) is 0 Å². The summed E-state index contributed by atoms with van der Waals surface area (Å²) in [6.07, 6.45) is 3.65. The molecule has 7 heteroatoms. The SMILES string of the molecule is CCCC(NC(=O)OCc1ccccc1)C(=O)Oc1cc(C)cc2oc(=O)c3c(c12)CCCC3. The summed E-state index contributed by atoms with van der Waals surface area (Å²) in [4.78, 5) is 37.9. The third kappa shape index (κ3) is 5.30. The first-order chi connectivity index (χ1) is 16.5. The summed E-state index contributed by atoms with van der Waals surface area (Å²) in [5, 5.41) is 3.30. The lowest BCUT2D eigenvalue weighted by Crippen LogP contribution is -2.43.